The first-order chi connectivity index (χ1) is 18.7. The lowest BCUT2D eigenvalue weighted by Gasteiger charge is -2.16. The topological polar surface area (TPSA) is 145 Å². The maximum Gasteiger partial charge on any atom is 0.267 e. The van der Waals surface area contributed by atoms with Crippen molar-refractivity contribution in [3.63, 3.8) is 0 Å². The van der Waals surface area contributed by atoms with Crippen molar-refractivity contribution in [2.24, 2.45) is 5.73 Å². The molecule has 0 aliphatic rings. The Bertz CT molecular complexity index is 1380. The van der Waals surface area contributed by atoms with Crippen molar-refractivity contribution in [2.75, 3.05) is 6.61 Å². The van der Waals surface area contributed by atoms with Gasteiger partial charge in [-0.05, 0) is 66.6 Å². The quantitative estimate of drug-likeness (QED) is 0.223. The molecule has 10 heteroatoms. The molecule has 4 aromatic rings. The maximum atomic E-state index is 12.4. The lowest BCUT2D eigenvalue weighted by atomic mass is 10.0. The molecule has 2 aromatic heterocycles. The second-order valence-electron chi connectivity index (χ2n) is 10.3. The van der Waals surface area contributed by atoms with Crippen LogP contribution in [-0.4, -0.2) is 52.5 Å². The fraction of sp³-hybridized carbons (Fsp3) is 0.414. The highest BCUT2D eigenvalue weighted by molar-refractivity contribution is 5.92. The van der Waals surface area contributed by atoms with Crippen LogP contribution in [0.2, 0.25) is 0 Å². The number of carbonyl (C=O) groups excluding carboxylic acids is 1. The van der Waals surface area contributed by atoms with Gasteiger partial charge in [-0.15, -0.1) is 5.10 Å². The number of nitrogens with two attached hydrogens (primary N) is 1. The van der Waals surface area contributed by atoms with Crippen molar-refractivity contribution < 1.29 is 15.0 Å². The van der Waals surface area contributed by atoms with Crippen molar-refractivity contribution >= 4 is 5.91 Å². The average molecular weight is 532 g/mol. The summed E-state index contributed by atoms with van der Waals surface area (Å²) in [6.07, 6.45) is 4.14. The summed E-state index contributed by atoms with van der Waals surface area (Å²) >= 11 is 0. The summed E-state index contributed by atoms with van der Waals surface area (Å²) in [7, 11) is 0. The number of hydrogen-bond acceptors (Lipinski definition) is 7. The highest BCUT2D eigenvalue weighted by Crippen LogP contribution is 2.27. The molecule has 0 radical (unpaired) electrons. The van der Waals surface area contributed by atoms with E-state index in [2.05, 4.69) is 20.5 Å². The zero-order chi connectivity index (χ0) is 28.0. The van der Waals surface area contributed by atoms with Gasteiger partial charge in [-0.2, -0.15) is 0 Å². The number of imidazole rings is 1. The van der Waals surface area contributed by atoms with Crippen molar-refractivity contribution in [1.29, 1.82) is 0 Å². The predicted molar refractivity (Wildman–Crippen MR) is 149 cm³/mol. The van der Waals surface area contributed by atoms with Gasteiger partial charge in [0.2, 0.25) is 0 Å². The van der Waals surface area contributed by atoms with E-state index in [0.717, 1.165) is 59.6 Å². The van der Waals surface area contributed by atoms with Crippen molar-refractivity contribution in [2.45, 2.75) is 71.6 Å². The molecule has 0 atom stereocenters. The molecule has 206 valence electrons. The maximum absolute atomic E-state index is 12.4. The molecule has 1 amide bonds. The highest BCUT2D eigenvalue weighted by atomic mass is 16.3. The van der Waals surface area contributed by atoms with Gasteiger partial charge in [0.15, 0.2) is 5.82 Å². The Balaban J connectivity index is 1.52. The smallest absolute Gasteiger partial charge is 0.267 e. The van der Waals surface area contributed by atoms with E-state index in [4.69, 9.17) is 10.8 Å². The molecule has 0 aliphatic carbocycles. The van der Waals surface area contributed by atoms with Gasteiger partial charge in [0.1, 0.15) is 22.8 Å². The van der Waals surface area contributed by atoms with Gasteiger partial charge in [0.25, 0.3) is 5.91 Å². The number of rotatable bonds is 13. The largest absolute Gasteiger partial charge is 0.396 e. The normalized spacial score (nSPS) is 11.7. The summed E-state index contributed by atoms with van der Waals surface area (Å²) in [5.41, 5.74) is 9.06. The predicted octanol–water partition coefficient (Wildman–Crippen LogP) is 3.69. The fourth-order valence-corrected chi connectivity index (χ4v) is 4.67. The monoisotopic (exact) mass is 531 g/mol. The fourth-order valence-electron chi connectivity index (χ4n) is 4.67. The van der Waals surface area contributed by atoms with E-state index in [-0.39, 0.29) is 12.3 Å². The van der Waals surface area contributed by atoms with Crippen LogP contribution in [0.5, 0.6) is 0 Å². The van der Waals surface area contributed by atoms with Gasteiger partial charge in [0, 0.05) is 31.7 Å². The second kappa shape index (κ2) is 12.3. The summed E-state index contributed by atoms with van der Waals surface area (Å²) in [4.78, 5) is 17.0. The summed E-state index contributed by atoms with van der Waals surface area (Å²) in [6.45, 7) is 6.61. The second-order valence-corrected chi connectivity index (χ2v) is 10.3. The van der Waals surface area contributed by atoms with Crippen LogP contribution < -0.4 is 5.73 Å². The van der Waals surface area contributed by atoms with Crippen LogP contribution in [0.15, 0.2) is 48.5 Å². The molecule has 0 bridgehead atoms. The molecular formula is C29H37N7O3. The van der Waals surface area contributed by atoms with Crippen LogP contribution in [0, 0.1) is 0 Å². The standard InChI is InChI=1S/C29H37N7O3/c1-4-8-24-31-26(29(2,3)39)25(27(30)38)35(24)19-20-9-11-21(12-10-20)22-13-15-23(16-14-22)28-32-33-34-36(28)17-6-5-7-18-37/h9-16,37,39H,4-8,17-19H2,1-3H3,(H2,30,38). The molecule has 4 N–H and O–H groups in total. The van der Waals surface area contributed by atoms with E-state index in [9.17, 15) is 9.90 Å². The van der Waals surface area contributed by atoms with Crippen LogP contribution in [0.3, 0.4) is 0 Å². The first kappa shape index (κ1) is 28.1. The molecule has 0 saturated heterocycles. The van der Waals surface area contributed by atoms with Gasteiger partial charge >= 0.3 is 0 Å². The summed E-state index contributed by atoms with van der Waals surface area (Å²) in [5.74, 6) is 0.855. The Morgan fingerprint density at radius 3 is 2.21 bits per heavy atom. The van der Waals surface area contributed by atoms with Gasteiger partial charge in [-0.25, -0.2) is 9.67 Å². The number of carbonyl (C=O) groups is 1. The molecule has 10 nitrogen and oxygen atoms in total. The van der Waals surface area contributed by atoms with E-state index in [1.54, 1.807) is 18.5 Å². The Labute approximate surface area is 228 Å². The zero-order valence-electron chi connectivity index (χ0n) is 22.8. The van der Waals surface area contributed by atoms with Crippen LogP contribution in [-0.2, 0) is 25.1 Å². The Morgan fingerprint density at radius 2 is 1.62 bits per heavy atom. The molecule has 0 aliphatic heterocycles. The SMILES string of the molecule is CCCc1nc(C(C)(C)O)c(C(N)=O)n1Cc1ccc(-c2ccc(-c3nnnn3CCCCCO)cc2)cc1. The lowest BCUT2D eigenvalue weighted by molar-refractivity contribution is 0.0711. The van der Waals surface area contributed by atoms with Gasteiger partial charge in [0.05, 0.1) is 0 Å². The third-order valence-electron chi connectivity index (χ3n) is 6.66. The molecule has 39 heavy (non-hydrogen) atoms. The van der Waals surface area contributed by atoms with Crippen LogP contribution in [0.1, 0.15) is 74.0 Å². The van der Waals surface area contributed by atoms with Crippen molar-refractivity contribution in [1.82, 2.24) is 29.8 Å². The summed E-state index contributed by atoms with van der Waals surface area (Å²) in [6, 6.07) is 16.3. The van der Waals surface area contributed by atoms with Gasteiger partial charge in [-0.1, -0.05) is 55.5 Å². The summed E-state index contributed by atoms with van der Waals surface area (Å²) in [5, 5.41) is 31.7. The first-order valence-corrected chi connectivity index (χ1v) is 13.4. The molecule has 0 spiro atoms. The van der Waals surface area contributed by atoms with Crippen LogP contribution >= 0.6 is 0 Å². The minimum absolute atomic E-state index is 0.200. The third-order valence-corrected chi connectivity index (χ3v) is 6.66. The Hall–Kier alpha value is -3.89. The van der Waals surface area contributed by atoms with Crippen LogP contribution in [0.25, 0.3) is 22.5 Å². The molecule has 4 rings (SSSR count). The number of benzene rings is 2. The number of unbranched alkanes of at least 4 members (excludes halogenated alkanes) is 2. The lowest BCUT2D eigenvalue weighted by Crippen LogP contribution is -2.25. The van der Waals surface area contributed by atoms with Gasteiger partial charge in [-0.3, -0.25) is 4.79 Å². The Morgan fingerprint density at radius 1 is 0.974 bits per heavy atom. The molecule has 2 aromatic carbocycles. The number of amides is 1. The average Bonchev–Trinajstić information content (AvgIpc) is 3.52. The molecule has 0 fully saturated rings. The third kappa shape index (κ3) is 6.58. The van der Waals surface area contributed by atoms with Crippen LogP contribution in [0.4, 0.5) is 0 Å². The highest BCUT2D eigenvalue weighted by Gasteiger charge is 2.30. The molecule has 0 saturated carbocycles. The minimum Gasteiger partial charge on any atom is -0.396 e. The Kier molecular flexibility index (Phi) is 8.88. The number of hydrogen-bond donors (Lipinski definition) is 3. The van der Waals surface area contributed by atoms with E-state index in [1.165, 1.54) is 0 Å². The number of aryl methyl sites for hydroxylation is 2. The van der Waals surface area contributed by atoms with Crippen molar-refractivity contribution in [3.05, 3.63) is 71.3 Å². The van der Waals surface area contributed by atoms with Gasteiger partial charge < -0.3 is 20.5 Å². The number of primary amides is 1. The zero-order valence-corrected chi connectivity index (χ0v) is 22.8. The first-order valence-electron chi connectivity index (χ1n) is 13.4. The minimum atomic E-state index is -1.28. The molecule has 0 unspecified atom stereocenters. The number of tetrazole rings is 1. The van der Waals surface area contributed by atoms with E-state index >= 15 is 0 Å². The number of aliphatic hydroxyl groups is 2. The van der Waals surface area contributed by atoms with E-state index < -0.39 is 11.5 Å². The number of aliphatic hydroxyl groups excluding tert-OH is 1. The summed E-state index contributed by atoms with van der Waals surface area (Å²) < 4.78 is 3.63. The number of nitrogens with zero attached hydrogens (tertiary/aromatic N) is 6. The van der Waals surface area contributed by atoms with E-state index in [1.807, 2.05) is 60.0 Å². The number of aromatic nitrogens is 6. The molecular weight excluding hydrogens is 494 g/mol. The van der Waals surface area contributed by atoms with E-state index in [0.29, 0.717) is 25.2 Å². The molecule has 2 heterocycles. The van der Waals surface area contributed by atoms with Crippen molar-refractivity contribution in [3.8, 4) is 22.5 Å².